The largest absolute Gasteiger partial charge is 0.346 e. The molecule has 6 nitrogen and oxygen atoms in total. The third-order valence-electron chi connectivity index (χ3n) is 5.35. The summed E-state index contributed by atoms with van der Waals surface area (Å²) in [6.07, 6.45) is 4.00. The molecule has 1 aliphatic rings. The second-order valence-electron chi connectivity index (χ2n) is 7.49. The topological polar surface area (TPSA) is 79.4 Å². The van der Waals surface area contributed by atoms with Gasteiger partial charge in [-0.25, -0.2) is 8.42 Å². The van der Waals surface area contributed by atoms with Crippen LogP contribution in [0.3, 0.4) is 0 Å². The van der Waals surface area contributed by atoms with Gasteiger partial charge in [-0.1, -0.05) is 24.3 Å². The van der Waals surface area contributed by atoms with Gasteiger partial charge in [-0.15, -0.1) is 0 Å². The first-order chi connectivity index (χ1) is 14.4. The molecule has 154 valence electrons. The van der Waals surface area contributed by atoms with E-state index in [1.165, 1.54) is 16.4 Å². The molecular formula is C23H23N3O3S. The number of pyridine rings is 1. The zero-order valence-electron chi connectivity index (χ0n) is 16.8. The molecule has 0 fully saturated rings. The lowest BCUT2D eigenvalue weighted by Crippen LogP contribution is -2.36. The number of nitrogens with zero attached hydrogens (tertiary/aromatic N) is 2. The second-order valence-corrected chi connectivity index (χ2v) is 9.30. The minimum absolute atomic E-state index is 0.107. The fraction of sp³-hybridized carbons (Fsp3) is 0.217. The number of hydrogen-bond donors (Lipinski definition) is 1. The van der Waals surface area contributed by atoms with Gasteiger partial charge in [0.1, 0.15) is 0 Å². The van der Waals surface area contributed by atoms with Crippen molar-refractivity contribution < 1.29 is 13.2 Å². The van der Waals surface area contributed by atoms with Gasteiger partial charge in [-0.3, -0.25) is 14.1 Å². The van der Waals surface area contributed by atoms with Gasteiger partial charge >= 0.3 is 0 Å². The monoisotopic (exact) mass is 421 g/mol. The number of carbonyl (C=O) groups excluding carboxylic acids is 1. The molecule has 0 spiro atoms. The van der Waals surface area contributed by atoms with E-state index in [9.17, 15) is 13.2 Å². The van der Waals surface area contributed by atoms with Crippen molar-refractivity contribution in [3.8, 4) is 0 Å². The Bertz CT molecular complexity index is 1180. The van der Waals surface area contributed by atoms with Gasteiger partial charge in [0.25, 0.3) is 15.9 Å². The SMILES string of the molecule is CC(NC(=O)c1cccc(S(=O)(=O)N2c3ccccc3CC2C)c1)c1ccncc1. The summed E-state index contributed by atoms with van der Waals surface area (Å²) in [5.74, 6) is -0.328. The maximum Gasteiger partial charge on any atom is 0.264 e. The van der Waals surface area contributed by atoms with Crippen molar-refractivity contribution in [3.05, 3.63) is 89.7 Å². The average Bonchev–Trinajstić information content (AvgIpc) is 3.10. The number of fused-ring (bicyclic) bond motifs is 1. The average molecular weight is 422 g/mol. The van der Waals surface area contributed by atoms with E-state index in [2.05, 4.69) is 10.3 Å². The van der Waals surface area contributed by atoms with E-state index >= 15 is 0 Å². The summed E-state index contributed by atoms with van der Waals surface area (Å²) in [5, 5.41) is 2.91. The highest BCUT2D eigenvalue weighted by Crippen LogP contribution is 2.36. The number of amides is 1. The molecule has 2 heterocycles. The lowest BCUT2D eigenvalue weighted by molar-refractivity contribution is 0.0939. The van der Waals surface area contributed by atoms with Gasteiger partial charge in [0.15, 0.2) is 0 Å². The highest BCUT2D eigenvalue weighted by Gasteiger charge is 2.36. The Hall–Kier alpha value is -3.19. The fourth-order valence-corrected chi connectivity index (χ4v) is 5.57. The molecule has 0 saturated carbocycles. The first-order valence-corrected chi connectivity index (χ1v) is 11.2. The van der Waals surface area contributed by atoms with E-state index in [0.29, 0.717) is 17.7 Å². The molecular weight excluding hydrogens is 398 g/mol. The Morgan fingerprint density at radius 2 is 1.83 bits per heavy atom. The predicted octanol–water partition coefficient (Wildman–Crippen LogP) is 3.71. The molecule has 3 aromatic rings. The number of hydrogen-bond acceptors (Lipinski definition) is 4. The number of nitrogens with one attached hydrogen (secondary N) is 1. The summed E-state index contributed by atoms with van der Waals surface area (Å²) in [7, 11) is -3.79. The van der Waals surface area contributed by atoms with E-state index in [1.54, 1.807) is 24.5 Å². The molecule has 0 saturated heterocycles. The Kier molecular flexibility index (Phi) is 5.30. The molecule has 2 unspecified atom stereocenters. The third kappa shape index (κ3) is 3.68. The summed E-state index contributed by atoms with van der Waals surface area (Å²) in [6, 6.07) is 17.0. The fourth-order valence-electron chi connectivity index (χ4n) is 3.83. The number of rotatable bonds is 5. The van der Waals surface area contributed by atoms with E-state index in [-0.39, 0.29) is 22.9 Å². The Morgan fingerprint density at radius 1 is 1.10 bits per heavy atom. The lowest BCUT2D eigenvalue weighted by Gasteiger charge is -2.24. The van der Waals surface area contributed by atoms with Crippen molar-refractivity contribution in [1.82, 2.24) is 10.3 Å². The van der Waals surface area contributed by atoms with Crippen LogP contribution in [0.1, 0.15) is 41.4 Å². The molecule has 2 atom stereocenters. The first kappa shape index (κ1) is 20.1. The van der Waals surface area contributed by atoms with Crippen LogP contribution in [0.25, 0.3) is 0 Å². The van der Waals surface area contributed by atoms with Gasteiger partial charge in [-0.2, -0.15) is 0 Å². The van der Waals surface area contributed by atoms with Crippen LogP contribution in [-0.4, -0.2) is 25.4 Å². The van der Waals surface area contributed by atoms with Crippen molar-refractivity contribution in [2.45, 2.75) is 37.2 Å². The summed E-state index contributed by atoms with van der Waals surface area (Å²) in [4.78, 5) is 16.8. The molecule has 0 radical (unpaired) electrons. The maximum absolute atomic E-state index is 13.4. The van der Waals surface area contributed by atoms with E-state index in [1.807, 2.05) is 50.2 Å². The van der Waals surface area contributed by atoms with Crippen LogP contribution in [0.2, 0.25) is 0 Å². The van der Waals surface area contributed by atoms with Crippen LogP contribution in [0.4, 0.5) is 5.69 Å². The van der Waals surface area contributed by atoms with Crippen LogP contribution in [0.5, 0.6) is 0 Å². The van der Waals surface area contributed by atoms with Gasteiger partial charge < -0.3 is 5.32 Å². The van der Waals surface area contributed by atoms with Gasteiger partial charge in [-0.05, 0) is 67.8 Å². The zero-order chi connectivity index (χ0) is 21.3. The van der Waals surface area contributed by atoms with Crippen LogP contribution in [0.15, 0.2) is 78.0 Å². The molecule has 1 aliphatic heterocycles. The molecule has 0 aliphatic carbocycles. The molecule has 1 aromatic heterocycles. The predicted molar refractivity (Wildman–Crippen MR) is 116 cm³/mol. The highest BCUT2D eigenvalue weighted by atomic mass is 32.2. The normalized spacial score (nSPS) is 16.7. The number of anilines is 1. The number of carbonyl (C=O) groups is 1. The Labute approximate surface area is 176 Å². The Balaban J connectivity index is 1.61. The van der Waals surface area contributed by atoms with E-state index in [4.69, 9.17) is 0 Å². The van der Waals surface area contributed by atoms with Gasteiger partial charge in [0.05, 0.1) is 16.6 Å². The second kappa shape index (κ2) is 7.91. The molecule has 4 rings (SSSR count). The summed E-state index contributed by atoms with van der Waals surface area (Å²) in [5.41, 5.74) is 2.93. The van der Waals surface area contributed by atoms with Crippen LogP contribution >= 0.6 is 0 Å². The van der Waals surface area contributed by atoms with Crippen LogP contribution in [0, 0.1) is 0 Å². The standard InChI is InChI=1S/C23H23N3O3S/c1-16-14-19-6-3-4-9-22(19)26(16)30(28,29)21-8-5-7-20(15-21)23(27)25-17(2)18-10-12-24-13-11-18/h3-13,15-17H,14H2,1-2H3,(H,25,27). The number of aromatic nitrogens is 1. The van der Waals surface area contributed by atoms with E-state index < -0.39 is 10.0 Å². The summed E-state index contributed by atoms with van der Waals surface area (Å²) >= 11 is 0. The van der Waals surface area contributed by atoms with Crippen molar-refractivity contribution in [2.75, 3.05) is 4.31 Å². The smallest absolute Gasteiger partial charge is 0.264 e. The summed E-state index contributed by atoms with van der Waals surface area (Å²) in [6.45, 7) is 3.77. The van der Waals surface area contributed by atoms with Crippen molar-refractivity contribution >= 4 is 21.6 Å². The number of benzene rings is 2. The van der Waals surface area contributed by atoms with Gasteiger partial charge in [0, 0.05) is 24.0 Å². The minimum Gasteiger partial charge on any atom is -0.346 e. The zero-order valence-corrected chi connectivity index (χ0v) is 17.6. The van der Waals surface area contributed by atoms with Gasteiger partial charge in [0.2, 0.25) is 0 Å². The van der Waals surface area contributed by atoms with Crippen molar-refractivity contribution in [1.29, 1.82) is 0 Å². The first-order valence-electron chi connectivity index (χ1n) is 9.81. The van der Waals surface area contributed by atoms with Crippen molar-refractivity contribution in [2.24, 2.45) is 0 Å². The molecule has 30 heavy (non-hydrogen) atoms. The summed E-state index contributed by atoms with van der Waals surface area (Å²) < 4.78 is 28.3. The molecule has 1 N–H and O–H groups in total. The van der Waals surface area contributed by atoms with Crippen LogP contribution < -0.4 is 9.62 Å². The van der Waals surface area contributed by atoms with Crippen LogP contribution in [-0.2, 0) is 16.4 Å². The lowest BCUT2D eigenvalue weighted by atomic mass is 10.1. The molecule has 0 bridgehead atoms. The quantitative estimate of drug-likeness (QED) is 0.681. The highest BCUT2D eigenvalue weighted by molar-refractivity contribution is 7.92. The third-order valence-corrected chi connectivity index (χ3v) is 7.28. The molecule has 2 aromatic carbocycles. The number of sulfonamides is 1. The van der Waals surface area contributed by atoms with E-state index in [0.717, 1.165) is 11.1 Å². The van der Waals surface area contributed by atoms with Crippen molar-refractivity contribution in [3.63, 3.8) is 0 Å². The minimum atomic E-state index is -3.79. The maximum atomic E-state index is 13.4. The number of para-hydroxylation sites is 1. The Morgan fingerprint density at radius 3 is 2.60 bits per heavy atom. The molecule has 7 heteroatoms. The molecule has 1 amide bonds.